The van der Waals surface area contributed by atoms with Crippen molar-refractivity contribution < 1.29 is 9.21 Å². The molecule has 0 radical (unpaired) electrons. The molecule has 0 N–H and O–H groups in total. The molecule has 21 heavy (non-hydrogen) atoms. The van der Waals surface area contributed by atoms with Crippen LogP contribution in [-0.4, -0.2) is 15.7 Å². The summed E-state index contributed by atoms with van der Waals surface area (Å²) in [4.78, 5) is 12.4. The number of hydrogen-bond acceptors (Lipinski definition) is 3. The SMILES string of the molecule is Cc1cc(C)n(C(=O)c2ccc(-c3ccc(Cl)cc3)o2)n1. The lowest BCUT2D eigenvalue weighted by Crippen LogP contribution is -2.14. The van der Waals surface area contributed by atoms with E-state index in [0.29, 0.717) is 10.8 Å². The number of carbonyl (C=O) groups is 1. The number of furan rings is 1. The number of hydrogen-bond donors (Lipinski definition) is 0. The van der Waals surface area contributed by atoms with E-state index in [1.165, 1.54) is 4.68 Å². The molecule has 1 aromatic carbocycles. The van der Waals surface area contributed by atoms with Gasteiger partial charge in [-0.25, -0.2) is 0 Å². The van der Waals surface area contributed by atoms with E-state index in [-0.39, 0.29) is 11.7 Å². The summed E-state index contributed by atoms with van der Waals surface area (Å²) in [5.41, 5.74) is 2.44. The third kappa shape index (κ3) is 2.62. The smallest absolute Gasteiger partial charge is 0.314 e. The number of nitrogens with zero attached hydrogens (tertiary/aromatic N) is 2. The Balaban J connectivity index is 1.93. The molecule has 3 rings (SSSR count). The Morgan fingerprint density at radius 2 is 1.86 bits per heavy atom. The Morgan fingerprint density at radius 1 is 1.14 bits per heavy atom. The van der Waals surface area contributed by atoms with Gasteiger partial charge in [-0.1, -0.05) is 11.6 Å². The van der Waals surface area contributed by atoms with E-state index in [1.807, 2.05) is 32.0 Å². The van der Waals surface area contributed by atoms with Gasteiger partial charge < -0.3 is 4.42 Å². The minimum absolute atomic E-state index is 0.256. The molecule has 2 heterocycles. The summed E-state index contributed by atoms with van der Waals surface area (Å²) in [5, 5.41) is 4.83. The van der Waals surface area contributed by atoms with Gasteiger partial charge in [-0.3, -0.25) is 4.79 Å². The van der Waals surface area contributed by atoms with E-state index in [0.717, 1.165) is 17.0 Å². The van der Waals surface area contributed by atoms with E-state index in [4.69, 9.17) is 16.0 Å². The highest BCUT2D eigenvalue weighted by atomic mass is 35.5. The van der Waals surface area contributed by atoms with Gasteiger partial charge >= 0.3 is 5.91 Å². The fourth-order valence-corrected chi connectivity index (χ4v) is 2.29. The van der Waals surface area contributed by atoms with E-state index in [1.54, 1.807) is 24.3 Å². The number of rotatable bonds is 2. The number of aromatic nitrogens is 2. The molecule has 0 amide bonds. The molecule has 0 saturated heterocycles. The van der Waals surface area contributed by atoms with Crippen molar-refractivity contribution in [3.8, 4) is 11.3 Å². The fraction of sp³-hybridized carbons (Fsp3) is 0.125. The van der Waals surface area contributed by atoms with E-state index in [9.17, 15) is 4.79 Å². The molecule has 5 heteroatoms. The molecule has 0 aliphatic rings. The zero-order valence-corrected chi connectivity index (χ0v) is 12.4. The molecule has 0 aliphatic carbocycles. The van der Waals surface area contributed by atoms with Gasteiger partial charge in [0.25, 0.3) is 0 Å². The zero-order chi connectivity index (χ0) is 15.0. The molecule has 2 aromatic heterocycles. The third-order valence-electron chi connectivity index (χ3n) is 3.15. The predicted molar refractivity (Wildman–Crippen MR) is 80.6 cm³/mol. The normalized spacial score (nSPS) is 10.8. The zero-order valence-electron chi connectivity index (χ0n) is 11.6. The second-order valence-electron chi connectivity index (χ2n) is 4.81. The Morgan fingerprint density at radius 3 is 2.48 bits per heavy atom. The predicted octanol–water partition coefficient (Wildman–Crippen LogP) is 4.10. The summed E-state index contributed by atoms with van der Waals surface area (Å²) in [5.74, 6) is 0.600. The molecule has 0 saturated carbocycles. The highest BCUT2D eigenvalue weighted by molar-refractivity contribution is 6.30. The third-order valence-corrected chi connectivity index (χ3v) is 3.40. The second kappa shape index (κ2) is 5.22. The van der Waals surface area contributed by atoms with Crippen LogP contribution in [0.3, 0.4) is 0 Å². The molecular formula is C16H13ClN2O2. The lowest BCUT2D eigenvalue weighted by Gasteiger charge is -2.00. The van der Waals surface area contributed by atoms with Crippen LogP contribution >= 0.6 is 11.6 Å². The number of carbonyl (C=O) groups excluding carboxylic acids is 1. The maximum Gasteiger partial charge on any atom is 0.314 e. The Bertz CT molecular complexity index is 800. The van der Waals surface area contributed by atoms with Gasteiger partial charge in [0.1, 0.15) is 5.76 Å². The van der Waals surface area contributed by atoms with Gasteiger partial charge in [0.05, 0.1) is 5.69 Å². The average molecular weight is 301 g/mol. The van der Waals surface area contributed by atoms with Crippen molar-refractivity contribution >= 4 is 17.5 Å². The van der Waals surface area contributed by atoms with Crippen LogP contribution in [0.2, 0.25) is 5.02 Å². The first kappa shape index (κ1) is 13.6. The summed E-state index contributed by atoms with van der Waals surface area (Å²) in [6.45, 7) is 3.68. The number of halogens is 1. The maximum atomic E-state index is 12.4. The minimum atomic E-state index is -0.277. The van der Waals surface area contributed by atoms with Crippen molar-refractivity contribution in [2.45, 2.75) is 13.8 Å². The molecule has 0 bridgehead atoms. The lowest BCUT2D eigenvalue weighted by molar-refractivity contribution is 0.0915. The van der Waals surface area contributed by atoms with Crippen LogP contribution in [0.4, 0.5) is 0 Å². The van der Waals surface area contributed by atoms with Gasteiger partial charge in [0.15, 0.2) is 5.76 Å². The van der Waals surface area contributed by atoms with Crippen LogP contribution < -0.4 is 0 Å². The van der Waals surface area contributed by atoms with Crippen molar-refractivity contribution in [1.29, 1.82) is 0 Å². The largest absolute Gasteiger partial charge is 0.451 e. The molecular weight excluding hydrogens is 288 g/mol. The summed E-state index contributed by atoms with van der Waals surface area (Å²) < 4.78 is 6.98. The van der Waals surface area contributed by atoms with Crippen LogP contribution in [0, 0.1) is 13.8 Å². The summed E-state index contributed by atoms with van der Waals surface area (Å²) >= 11 is 5.86. The van der Waals surface area contributed by atoms with Crippen molar-refractivity contribution in [3.63, 3.8) is 0 Å². The van der Waals surface area contributed by atoms with Gasteiger partial charge in [0.2, 0.25) is 0 Å². The van der Waals surface area contributed by atoms with Crippen molar-refractivity contribution in [1.82, 2.24) is 9.78 Å². The van der Waals surface area contributed by atoms with Gasteiger partial charge in [0, 0.05) is 16.3 Å². The molecule has 0 spiro atoms. The second-order valence-corrected chi connectivity index (χ2v) is 5.25. The van der Waals surface area contributed by atoms with Gasteiger partial charge in [-0.05, 0) is 56.3 Å². The molecule has 3 aromatic rings. The monoisotopic (exact) mass is 300 g/mol. The highest BCUT2D eigenvalue weighted by Crippen LogP contribution is 2.24. The number of benzene rings is 1. The molecule has 106 valence electrons. The summed E-state index contributed by atoms with van der Waals surface area (Å²) in [7, 11) is 0. The quantitative estimate of drug-likeness (QED) is 0.716. The average Bonchev–Trinajstić information content (AvgIpc) is 3.06. The van der Waals surface area contributed by atoms with Crippen LogP contribution in [0.5, 0.6) is 0 Å². The van der Waals surface area contributed by atoms with E-state index in [2.05, 4.69) is 5.10 Å². The summed E-state index contributed by atoms with van der Waals surface area (Å²) in [6, 6.07) is 12.5. The van der Waals surface area contributed by atoms with E-state index < -0.39 is 0 Å². The Hall–Kier alpha value is -2.33. The molecule has 0 unspecified atom stereocenters. The summed E-state index contributed by atoms with van der Waals surface area (Å²) in [6.07, 6.45) is 0. The molecule has 0 atom stereocenters. The van der Waals surface area contributed by atoms with Crippen molar-refractivity contribution in [3.05, 3.63) is 64.6 Å². The van der Waals surface area contributed by atoms with Crippen molar-refractivity contribution in [2.75, 3.05) is 0 Å². The Kier molecular flexibility index (Phi) is 3.39. The first-order valence-electron chi connectivity index (χ1n) is 6.48. The van der Waals surface area contributed by atoms with Crippen molar-refractivity contribution in [2.24, 2.45) is 0 Å². The van der Waals surface area contributed by atoms with E-state index >= 15 is 0 Å². The Labute approximate surface area is 127 Å². The standard InChI is InChI=1S/C16H13ClN2O2/c1-10-9-11(2)19(18-10)16(20)15-8-7-14(21-15)12-3-5-13(17)6-4-12/h3-9H,1-2H3. The number of aryl methyl sites for hydroxylation is 2. The lowest BCUT2D eigenvalue weighted by atomic mass is 10.2. The minimum Gasteiger partial charge on any atom is -0.451 e. The topological polar surface area (TPSA) is 48.0 Å². The van der Waals surface area contributed by atoms with Crippen LogP contribution in [-0.2, 0) is 0 Å². The first-order valence-corrected chi connectivity index (χ1v) is 6.86. The van der Waals surface area contributed by atoms with Gasteiger partial charge in [-0.15, -0.1) is 0 Å². The maximum absolute atomic E-state index is 12.4. The van der Waals surface area contributed by atoms with Crippen LogP contribution in [0.1, 0.15) is 21.9 Å². The fourth-order valence-electron chi connectivity index (χ4n) is 2.16. The molecule has 0 aliphatic heterocycles. The molecule has 0 fully saturated rings. The van der Waals surface area contributed by atoms with Crippen LogP contribution in [0.15, 0.2) is 46.9 Å². The highest BCUT2D eigenvalue weighted by Gasteiger charge is 2.17. The van der Waals surface area contributed by atoms with Gasteiger partial charge in [-0.2, -0.15) is 9.78 Å². The van der Waals surface area contributed by atoms with Crippen LogP contribution in [0.25, 0.3) is 11.3 Å². The first-order chi connectivity index (χ1) is 10.0. The molecule has 4 nitrogen and oxygen atoms in total.